The van der Waals surface area contributed by atoms with Crippen molar-refractivity contribution in [1.29, 1.82) is 0 Å². The molecule has 9 nitrogen and oxygen atoms in total. The van der Waals surface area contributed by atoms with Crippen LogP contribution in [0.2, 0.25) is 0 Å². The van der Waals surface area contributed by atoms with Gasteiger partial charge in [0.25, 0.3) is 11.5 Å². The van der Waals surface area contributed by atoms with Gasteiger partial charge in [-0.3, -0.25) is 9.59 Å². The summed E-state index contributed by atoms with van der Waals surface area (Å²) in [6.45, 7) is 1.63. The molecule has 1 N–H and O–H groups in total. The number of alkyl halides is 3. The van der Waals surface area contributed by atoms with Crippen LogP contribution in [-0.4, -0.2) is 34.6 Å². The number of amides is 1. The molecule has 0 saturated carbocycles. The molecule has 0 saturated heterocycles. The highest BCUT2D eigenvalue weighted by Crippen LogP contribution is 2.32. The maximum absolute atomic E-state index is 13.5. The predicted octanol–water partition coefficient (Wildman–Crippen LogP) is 5.52. The summed E-state index contributed by atoms with van der Waals surface area (Å²) >= 11 is 0.990. The first-order valence-corrected chi connectivity index (χ1v) is 11.9. The fourth-order valence-corrected chi connectivity index (χ4v) is 4.65. The highest BCUT2D eigenvalue weighted by molar-refractivity contribution is 7.16. The normalized spacial score (nSPS) is 11.6. The van der Waals surface area contributed by atoms with E-state index in [1.165, 1.54) is 17.5 Å². The summed E-state index contributed by atoms with van der Waals surface area (Å²) in [6, 6.07) is 12.9. The Kier molecular flexibility index (Phi) is 6.36. The average molecular weight is 543 g/mol. The molecule has 13 heteroatoms. The molecule has 3 heterocycles. The number of nitrogens with one attached hydrogen (secondary N) is 1. The number of halogens is 3. The van der Waals surface area contributed by atoms with Crippen LogP contribution in [0, 0.1) is 0 Å². The number of hydrogen-bond acceptors (Lipinski definition) is 8. The third kappa shape index (κ3) is 4.83. The standard InChI is InChI=1S/C25H16F3N3O6S/c1-2-35-24(34)20-16-12-38-22(29-21(32)18-11-13-5-3-4-6-17(13)36-18)19(16)23(33)31(30-20)14-7-9-15(10-8-14)37-25(26,27)28/h3-12H,2H2,1H3,(H,29,32). The molecule has 0 unspecified atom stereocenters. The maximum Gasteiger partial charge on any atom is 0.573 e. The minimum atomic E-state index is -4.89. The number of para-hydroxylation sites is 1. The molecule has 0 fully saturated rings. The van der Waals surface area contributed by atoms with E-state index in [1.807, 2.05) is 0 Å². The van der Waals surface area contributed by atoms with Crippen molar-refractivity contribution in [1.82, 2.24) is 9.78 Å². The van der Waals surface area contributed by atoms with Gasteiger partial charge in [0, 0.05) is 16.2 Å². The lowest BCUT2D eigenvalue weighted by molar-refractivity contribution is -0.274. The molecule has 5 rings (SSSR count). The van der Waals surface area contributed by atoms with Gasteiger partial charge in [-0.05, 0) is 43.3 Å². The van der Waals surface area contributed by atoms with Crippen LogP contribution in [0.15, 0.2) is 69.2 Å². The van der Waals surface area contributed by atoms with Gasteiger partial charge in [-0.2, -0.15) is 9.78 Å². The lowest BCUT2D eigenvalue weighted by Crippen LogP contribution is -2.25. The van der Waals surface area contributed by atoms with Gasteiger partial charge >= 0.3 is 12.3 Å². The number of carbonyl (C=O) groups excluding carboxylic acids is 2. The maximum atomic E-state index is 13.5. The van der Waals surface area contributed by atoms with Gasteiger partial charge < -0.3 is 19.2 Å². The molecule has 0 aliphatic carbocycles. The minimum absolute atomic E-state index is 0.00741. The number of hydrogen-bond donors (Lipinski definition) is 1. The largest absolute Gasteiger partial charge is 0.573 e. The summed E-state index contributed by atoms with van der Waals surface area (Å²) in [5.41, 5.74) is -0.378. The smallest absolute Gasteiger partial charge is 0.461 e. The van der Waals surface area contributed by atoms with Gasteiger partial charge in [0.15, 0.2) is 11.5 Å². The Labute approximate surface area is 215 Å². The van der Waals surface area contributed by atoms with E-state index < -0.39 is 29.5 Å². The van der Waals surface area contributed by atoms with Crippen molar-refractivity contribution in [2.75, 3.05) is 11.9 Å². The predicted molar refractivity (Wildman–Crippen MR) is 132 cm³/mol. The number of thiophene rings is 1. The molecular formula is C25H16F3N3O6S. The Bertz CT molecular complexity index is 1700. The van der Waals surface area contributed by atoms with Gasteiger partial charge in [-0.1, -0.05) is 18.2 Å². The van der Waals surface area contributed by atoms with Crippen LogP contribution >= 0.6 is 11.3 Å². The first-order valence-electron chi connectivity index (χ1n) is 11.0. The molecule has 1 amide bonds. The second kappa shape index (κ2) is 9.67. The number of aromatic nitrogens is 2. The molecular weight excluding hydrogens is 527 g/mol. The SMILES string of the molecule is CCOC(=O)c1nn(-c2ccc(OC(F)(F)F)cc2)c(=O)c2c(NC(=O)c3cc4ccccc4o3)scc12. The van der Waals surface area contributed by atoms with Gasteiger partial charge in [-0.25, -0.2) is 4.79 Å². The summed E-state index contributed by atoms with van der Waals surface area (Å²) in [5, 5.41) is 9.18. The summed E-state index contributed by atoms with van der Waals surface area (Å²) < 4.78 is 53.0. The molecule has 5 aromatic rings. The van der Waals surface area contributed by atoms with Crippen molar-refractivity contribution in [2.45, 2.75) is 13.3 Å². The van der Waals surface area contributed by atoms with E-state index in [1.54, 1.807) is 37.3 Å². The second-order valence-electron chi connectivity index (χ2n) is 7.78. The molecule has 0 bridgehead atoms. The number of benzene rings is 2. The average Bonchev–Trinajstić information content (AvgIpc) is 3.49. The van der Waals surface area contributed by atoms with Crippen LogP contribution in [0.5, 0.6) is 5.75 Å². The van der Waals surface area contributed by atoms with Gasteiger partial charge in [0.1, 0.15) is 16.3 Å². The third-order valence-corrected chi connectivity index (χ3v) is 6.21. The summed E-state index contributed by atoms with van der Waals surface area (Å²) in [4.78, 5) is 39.1. The van der Waals surface area contributed by atoms with Crippen LogP contribution in [0.3, 0.4) is 0 Å². The fourth-order valence-electron chi connectivity index (χ4n) is 3.71. The van der Waals surface area contributed by atoms with Crippen molar-refractivity contribution < 1.29 is 36.7 Å². The third-order valence-electron chi connectivity index (χ3n) is 5.31. The van der Waals surface area contributed by atoms with Crippen molar-refractivity contribution in [3.63, 3.8) is 0 Å². The number of esters is 1. The molecule has 0 radical (unpaired) electrons. The fraction of sp³-hybridized carbons (Fsp3) is 0.120. The molecule has 3 aromatic heterocycles. The summed E-state index contributed by atoms with van der Waals surface area (Å²) in [6.07, 6.45) is -4.89. The van der Waals surface area contributed by atoms with Crippen molar-refractivity contribution in [2.24, 2.45) is 0 Å². The number of furan rings is 1. The Morgan fingerprint density at radius 1 is 1.13 bits per heavy atom. The van der Waals surface area contributed by atoms with E-state index >= 15 is 0 Å². The van der Waals surface area contributed by atoms with Gasteiger partial charge in [-0.15, -0.1) is 24.5 Å². The zero-order valence-electron chi connectivity index (χ0n) is 19.4. The van der Waals surface area contributed by atoms with E-state index in [9.17, 15) is 27.6 Å². The lowest BCUT2D eigenvalue weighted by Gasteiger charge is -2.11. The number of carbonyl (C=O) groups is 2. The van der Waals surface area contributed by atoms with Crippen LogP contribution in [0.25, 0.3) is 27.4 Å². The number of fused-ring (bicyclic) bond motifs is 2. The number of nitrogens with zero attached hydrogens (tertiary/aromatic N) is 2. The van der Waals surface area contributed by atoms with E-state index in [0.717, 1.165) is 28.2 Å². The lowest BCUT2D eigenvalue weighted by atomic mass is 10.2. The Hall–Kier alpha value is -4.65. The first kappa shape index (κ1) is 25.0. The van der Waals surface area contributed by atoms with Crippen molar-refractivity contribution >= 4 is 50.0 Å². The van der Waals surface area contributed by atoms with Crippen LogP contribution in [0.4, 0.5) is 18.2 Å². The molecule has 0 aliphatic rings. The van der Waals surface area contributed by atoms with E-state index in [0.29, 0.717) is 11.0 Å². The number of anilines is 1. The Balaban J connectivity index is 1.59. The highest BCUT2D eigenvalue weighted by atomic mass is 32.1. The Morgan fingerprint density at radius 2 is 1.87 bits per heavy atom. The molecule has 0 spiro atoms. The summed E-state index contributed by atoms with van der Waals surface area (Å²) in [5.74, 6) is -1.95. The van der Waals surface area contributed by atoms with Crippen molar-refractivity contribution in [3.05, 3.63) is 81.8 Å². The van der Waals surface area contributed by atoms with Gasteiger partial charge in [0.2, 0.25) is 0 Å². The van der Waals surface area contributed by atoms with Crippen LogP contribution < -0.4 is 15.6 Å². The van der Waals surface area contributed by atoms with E-state index in [2.05, 4.69) is 15.2 Å². The first-order chi connectivity index (χ1) is 18.1. The zero-order valence-corrected chi connectivity index (χ0v) is 20.2. The van der Waals surface area contributed by atoms with E-state index in [4.69, 9.17) is 9.15 Å². The molecule has 0 aliphatic heterocycles. The summed E-state index contributed by atoms with van der Waals surface area (Å²) in [7, 11) is 0. The molecule has 194 valence electrons. The number of rotatable bonds is 6. The molecule has 38 heavy (non-hydrogen) atoms. The van der Waals surface area contributed by atoms with Crippen LogP contribution in [0.1, 0.15) is 28.0 Å². The van der Waals surface area contributed by atoms with Gasteiger partial charge in [0.05, 0.1) is 17.7 Å². The topological polar surface area (TPSA) is 113 Å². The number of ether oxygens (including phenoxy) is 2. The zero-order chi connectivity index (χ0) is 27.0. The molecule has 2 aromatic carbocycles. The van der Waals surface area contributed by atoms with E-state index in [-0.39, 0.29) is 39.5 Å². The monoisotopic (exact) mass is 543 g/mol. The molecule has 0 atom stereocenters. The Morgan fingerprint density at radius 3 is 2.55 bits per heavy atom. The quantitative estimate of drug-likeness (QED) is 0.281. The second-order valence-corrected chi connectivity index (χ2v) is 8.66. The van der Waals surface area contributed by atoms with Crippen LogP contribution in [-0.2, 0) is 4.74 Å². The van der Waals surface area contributed by atoms with Crippen molar-refractivity contribution in [3.8, 4) is 11.4 Å². The highest BCUT2D eigenvalue weighted by Gasteiger charge is 2.31. The minimum Gasteiger partial charge on any atom is -0.461 e.